The average molecular weight is 212 g/mol. The van der Waals surface area contributed by atoms with E-state index in [1.807, 2.05) is 13.8 Å². The molecule has 0 spiro atoms. The number of hydrogen-bond donors (Lipinski definition) is 1. The molecule has 14 heavy (non-hydrogen) atoms. The maximum Gasteiger partial charge on any atom is 0.389 e. The van der Waals surface area contributed by atoms with Crippen LogP contribution in [0.1, 0.15) is 52.4 Å². The van der Waals surface area contributed by atoms with Gasteiger partial charge in [0.05, 0.1) is 5.60 Å². The monoisotopic (exact) mass is 212 g/mol. The van der Waals surface area contributed by atoms with Crippen molar-refractivity contribution in [3.05, 3.63) is 0 Å². The highest BCUT2D eigenvalue weighted by atomic mass is 19.4. The van der Waals surface area contributed by atoms with Crippen LogP contribution < -0.4 is 0 Å². The van der Waals surface area contributed by atoms with Gasteiger partial charge in [0.2, 0.25) is 0 Å². The van der Waals surface area contributed by atoms with E-state index in [9.17, 15) is 18.3 Å². The fourth-order valence-corrected chi connectivity index (χ4v) is 1.56. The summed E-state index contributed by atoms with van der Waals surface area (Å²) in [4.78, 5) is 0. The van der Waals surface area contributed by atoms with Crippen LogP contribution in [0.15, 0.2) is 0 Å². The Morgan fingerprint density at radius 3 is 1.93 bits per heavy atom. The lowest BCUT2D eigenvalue weighted by molar-refractivity contribution is -0.138. The average Bonchev–Trinajstić information content (AvgIpc) is 2.02. The summed E-state index contributed by atoms with van der Waals surface area (Å²) >= 11 is 0. The molecule has 0 aliphatic carbocycles. The Labute approximate surface area is 83.3 Å². The van der Waals surface area contributed by atoms with E-state index >= 15 is 0 Å². The highest BCUT2D eigenvalue weighted by Gasteiger charge is 2.29. The summed E-state index contributed by atoms with van der Waals surface area (Å²) in [6.45, 7) is 3.73. The lowest BCUT2D eigenvalue weighted by Crippen LogP contribution is -2.27. The van der Waals surface area contributed by atoms with E-state index in [-0.39, 0.29) is 12.8 Å². The van der Waals surface area contributed by atoms with Crippen LogP contribution in [0.3, 0.4) is 0 Å². The van der Waals surface area contributed by atoms with Gasteiger partial charge in [-0.2, -0.15) is 13.2 Å². The normalized spacial score (nSPS) is 16.7. The molecule has 1 atom stereocenters. The summed E-state index contributed by atoms with van der Waals surface area (Å²) in [5.74, 6) is 0. The minimum Gasteiger partial charge on any atom is -0.390 e. The van der Waals surface area contributed by atoms with Crippen molar-refractivity contribution >= 4 is 0 Å². The van der Waals surface area contributed by atoms with Gasteiger partial charge < -0.3 is 5.11 Å². The van der Waals surface area contributed by atoms with Crippen LogP contribution in [0.4, 0.5) is 13.2 Å². The third-order valence-electron chi connectivity index (χ3n) is 2.48. The molecular weight excluding hydrogens is 193 g/mol. The Bertz CT molecular complexity index is 156. The SMILES string of the molecule is CCCC(O)(CC)CCCC(F)(F)F. The standard InChI is InChI=1S/C10H19F3O/c1-3-6-9(14,4-2)7-5-8-10(11,12)13/h14H,3-8H2,1-2H3. The number of hydrogen-bond acceptors (Lipinski definition) is 1. The fourth-order valence-electron chi connectivity index (χ4n) is 1.56. The summed E-state index contributed by atoms with van der Waals surface area (Å²) in [7, 11) is 0. The first-order valence-electron chi connectivity index (χ1n) is 5.12. The van der Waals surface area contributed by atoms with Gasteiger partial charge in [-0.15, -0.1) is 0 Å². The van der Waals surface area contributed by atoms with Crippen molar-refractivity contribution in [2.75, 3.05) is 0 Å². The van der Waals surface area contributed by atoms with E-state index in [4.69, 9.17) is 0 Å². The van der Waals surface area contributed by atoms with Crippen molar-refractivity contribution in [3.63, 3.8) is 0 Å². The van der Waals surface area contributed by atoms with Crippen molar-refractivity contribution in [2.45, 2.75) is 64.1 Å². The molecule has 0 radical (unpaired) electrons. The lowest BCUT2D eigenvalue weighted by Gasteiger charge is -2.26. The van der Waals surface area contributed by atoms with Crippen LogP contribution in [0.5, 0.6) is 0 Å². The number of halogens is 3. The van der Waals surface area contributed by atoms with Gasteiger partial charge in [0.25, 0.3) is 0 Å². The number of alkyl halides is 3. The molecule has 1 N–H and O–H groups in total. The van der Waals surface area contributed by atoms with Gasteiger partial charge in [0.1, 0.15) is 0 Å². The van der Waals surface area contributed by atoms with Gasteiger partial charge >= 0.3 is 6.18 Å². The first-order valence-corrected chi connectivity index (χ1v) is 5.12. The smallest absolute Gasteiger partial charge is 0.389 e. The van der Waals surface area contributed by atoms with Gasteiger partial charge in [-0.05, 0) is 25.7 Å². The summed E-state index contributed by atoms with van der Waals surface area (Å²) in [6, 6.07) is 0. The predicted molar refractivity (Wildman–Crippen MR) is 50.1 cm³/mol. The molecule has 0 aliphatic heterocycles. The summed E-state index contributed by atoms with van der Waals surface area (Å²) in [5, 5.41) is 9.85. The molecule has 0 saturated heterocycles. The third-order valence-corrected chi connectivity index (χ3v) is 2.48. The second-order valence-electron chi connectivity index (χ2n) is 3.80. The predicted octanol–water partition coefficient (Wildman–Crippen LogP) is 3.66. The zero-order valence-electron chi connectivity index (χ0n) is 8.82. The molecule has 0 aromatic carbocycles. The molecule has 0 heterocycles. The first kappa shape index (κ1) is 13.8. The number of aliphatic hydroxyl groups is 1. The van der Waals surface area contributed by atoms with Crippen molar-refractivity contribution in [3.8, 4) is 0 Å². The van der Waals surface area contributed by atoms with Gasteiger partial charge in [0.15, 0.2) is 0 Å². The highest BCUT2D eigenvalue weighted by Crippen LogP contribution is 2.28. The topological polar surface area (TPSA) is 20.2 Å². The molecule has 1 unspecified atom stereocenters. The van der Waals surface area contributed by atoms with Crippen LogP contribution >= 0.6 is 0 Å². The third kappa shape index (κ3) is 6.24. The molecule has 0 amide bonds. The van der Waals surface area contributed by atoms with E-state index in [0.29, 0.717) is 12.8 Å². The Hall–Kier alpha value is -0.250. The molecule has 1 nitrogen and oxygen atoms in total. The zero-order valence-corrected chi connectivity index (χ0v) is 8.82. The molecule has 0 saturated carbocycles. The van der Waals surface area contributed by atoms with Crippen LogP contribution in [-0.4, -0.2) is 16.9 Å². The van der Waals surface area contributed by atoms with E-state index in [0.717, 1.165) is 6.42 Å². The van der Waals surface area contributed by atoms with Gasteiger partial charge in [-0.3, -0.25) is 0 Å². The van der Waals surface area contributed by atoms with Crippen LogP contribution in [0.2, 0.25) is 0 Å². The molecule has 0 aliphatic rings. The first-order chi connectivity index (χ1) is 6.33. The van der Waals surface area contributed by atoms with E-state index in [1.165, 1.54) is 0 Å². The van der Waals surface area contributed by atoms with Gasteiger partial charge in [-0.1, -0.05) is 20.3 Å². The van der Waals surface area contributed by atoms with Crippen LogP contribution in [0.25, 0.3) is 0 Å². The summed E-state index contributed by atoms with van der Waals surface area (Å²) in [5.41, 5.74) is -0.889. The minimum atomic E-state index is -4.10. The molecule has 0 bridgehead atoms. The molecule has 0 aromatic rings. The molecular formula is C10H19F3O. The Balaban J connectivity index is 3.84. The van der Waals surface area contributed by atoms with E-state index in [1.54, 1.807) is 0 Å². The minimum absolute atomic E-state index is 0.0217. The van der Waals surface area contributed by atoms with Crippen molar-refractivity contribution in [2.24, 2.45) is 0 Å². The van der Waals surface area contributed by atoms with Crippen molar-refractivity contribution < 1.29 is 18.3 Å². The van der Waals surface area contributed by atoms with E-state index < -0.39 is 18.2 Å². The molecule has 0 aromatic heterocycles. The zero-order chi connectivity index (χ0) is 11.2. The van der Waals surface area contributed by atoms with Gasteiger partial charge in [0, 0.05) is 6.42 Å². The maximum atomic E-state index is 11.8. The summed E-state index contributed by atoms with van der Waals surface area (Å²) < 4.78 is 35.5. The van der Waals surface area contributed by atoms with Crippen LogP contribution in [-0.2, 0) is 0 Å². The molecule has 0 fully saturated rings. The Morgan fingerprint density at radius 2 is 1.57 bits per heavy atom. The quantitative estimate of drug-likeness (QED) is 0.712. The van der Waals surface area contributed by atoms with Crippen molar-refractivity contribution in [1.82, 2.24) is 0 Å². The fraction of sp³-hybridized carbons (Fsp3) is 1.00. The summed E-state index contributed by atoms with van der Waals surface area (Å²) in [6.07, 6.45) is -2.71. The highest BCUT2D eigenvalue weighted by molar-refractivity contribution is 4.76. The maximum absolute atomic E-state index is 11.8. The Kier molecular flexibility index (Phi) is 5.49. The van der Waals surface area contributed by atoms with E-state index in [2.05, 4.69) is 0 Å². The lowest BCUT2D eigenvalue weighted by atomic mass is 9.89. The second kappa shape index (κ2) is 5.59. The molecule has 0 rings (SSSR count). The molecule has 86 valence electrons. The number of rotatable bonds is 6. The van der Waals surface area contributed by atoms with Crippen molar-refractivity contribution in [1.29, 1.82) is 0 Å². The van der Waals surface area contributed by atoms with Crippen LogP contribution in [0, 0.1) is 0 Å². The second-order valence-corrected chi connectivity index (χ2v) is 3.80. The Morgan fingerprint density at radius 1 is 1.00 bits per heavy atom. The largest absolute Gasteiger partial charge is 0.390 e. The molecule has 4 heteroatoms. The van der Waals surface area contributed by atoms with Gasteiger partial charge in [-0.25, -0.2) is 0 Å².